The van der Waals surface area contributed by atoms with Crippen molar-refractivity contribution in [2.24, 2.45) is 11.8 Å². The predicted molar refractivity (Wildman–Crippen MR) is 68.6 cm³/mol. The van der Waals surface area contributed by atoms with Gasteiger partial charge in [0, 0.05) is 31.5 Å². The van der Waals surface area contributed by atoms with Gasteiger partial charge < -0.3 is 5.11 Å². The SMILES string of the molecule is C[C@]1(O)[C@@H]2CC[C@H]1CN(Cc1ccccc1)C2. The maximum atomic E-state index is 10.4. The second-order valence-electron chi connectivity index (χ2n) is 5.88. The number of piperidine rings is 1. The zero-order valence-electron chi connectivity index (χ0n) is 10.5. The highest BCUT2D eigenvalue weighted by Crippen LogP contribution is 2.44. The van der Waals surface area contributed by atoms with E-state index in [0.29, 0.717) is 11.8 Å². The van der Waals surface area contributed by atoms with Crippen molar-refractivity contribution >= 4 is 0 Å². The van der Waals surface area contributed by atoms with Gasteiger partial charge in [0.15, 0.2) is 0 Å². The summed E-state index contributed by atoms with van der Waals surface area (Å²) in [6.45, 7) is 5.18. The summed E-state index contributed by atoms with van der Waals surface area (Å²) in [6.07, 6.45) is 2.39. The lowest BCUT2D eigenvalue weighted by Gasteiger charge is -2.42. The summed E-state index contributed by atoms with van der Waals surface area (Å²) in [7, 11) is 0. The molecule has 1 aliphatic heterocycles. The fraction of sp³-hybridized carbons (Fsp3) is 0.600. The van der Waals surface area contributed by atoms with Gasteiger partial charge in [-0.1, -0.05) is 30.3 Å². The molecule has 3 rings (SSSR count). The number of hydrogen-bond acceptors (Lipinski definition) is 2. The maximum Gasteiger partial charge on any atom is 0.0700 e. The Morgan fingerprint density at radius 2 is 1.76 bits per heavy atom. The lowest BCUT2D eigenvalue weighted by Crippen LogP contribution is -2.51. The van der Waals surface area contributed by atoms with Crippen LogP contribution in [0.3, 0.4) is 0 Å². The van der Waals surface area contributed by atoms with Gasteiger partial charge in [-0.05, 0) is 25.3 Å². The highest BCUT2D eigenvalue weighted by Gasteiger charge is 2.49. The van der Waals surface area contributed by atoms with Crippen molar-refractivity contribution in [3.8, 4) is 0 Å². The van der Waals surface area contributed by atoms with Gasteiger partial charge in [-0.2, -0.15) is 0 Å². The molecule has 17 heavy (non-hydrogen) atoms. The first-order chi connectivity index (χ1) is 8.16. The molecule has 1 saturated carbocycles. The molecule has 1 saturated heterocycles. The lowest BCUT2D eigenvalue weighted by molar-refractivity contribution is -0.0707. The first kappa shape index (κ1) is 11.2. The lowest BCUT2D eigenvalue weighted by atomic mass is 9.82. The van der Waals surface area contributed by atoms with Crippen molar-refractivity contribution in [2.75, 3.05) is 13.1 Å². The Labute approximate surface area is 103 Å². The Hall–Kier alpha value is -0.860. The van der Waals surface area contributed by atoms with Crippen molar-refractivity contribution in [2.45, 2.75) is 31.9 Å². The number of aliphatic hydroxyl groups is 1. The Bertz CT molecular complexity index is 371. The molecule has 3 atom stereocenters. The van der Waals surface area contributed by atoms with Crippen molar-refractivity contribution in [3.05, 3.63) is 35.9 Å². The van der Waals surface area contributed by atoms with Crippen LogP contribution in [-0.2, 0) is 6.54 Å². The minimum atomic E-state index is -0.410. The van der Waals surface area contributed by atoms with Gasteiger partial charge in [0.05, 0.1) is 5.60 Å². The number of hydrogen-bond donors (Lipinski definition) is 1. The minimum Gasteiger partial charge on any atom is -0.390 e. The van der Waals surface area contributed by atoms with Gasteiger partial charge in [0.25, 0.3) is 0 Å². The summed E-state index contributed by atoms with van der Waals surface area (Å²) in [4.78, 5) is 2.51. The molecule has 0 spiro atoms. The first-order valence-electron chi connectivity index (χ1n) is 6.65. The van der Waals surface area contributed by atoms with Crippen LogP contribution in [-0.4, -0.2) is 28.7 Å². The highest BCUT2D eigenvalue weighted by atomic mass is 16.3. The van der Waals surface area contributed by atoms with Crippen molar-refractivity contribution in [3.63, 3.8) is 0 Å². The molecule has 92 valence electrons. The van der Waals surface area contributed by atoms with Crippen LogP contribution in [0.2, 0.25) is 0 Å². The summed E-state index contributed by atoms with van der Waals surface area (Å²) in [6, 6.07) is 10.6. The Balaban J connectivity index is 1.69. The second-order valence-corrected chi connectivity index (χ2v) is 5.88. The molecule has 1 aromatic carbocycles. The van der Waals surface area contributed by atoms with Gasteiger partial charge in [-0.25, -0.2) is 0 Å². The molecule has 1 aromatic rings. The zero-order valence-corrected chi connectivity index (χ0v) is 10.5. The van der Waals surface area contributed by atoms with Crippen molar-refractivity contribution < 1.29 is 5.11 Å². The van der Waals surface area contributed by atoms with E-state index in [-0.39, 0.29) is 0 Å². The molecule has 2 bridgehead atoms. The first-order valence-corrected chi connectivity index (χ1v) is 6.65. The second kappa shape index (κ2) is 4.11. The molecular formula is C15H21NO. The molecule has 2 aliphatic rings. The molecule has 1 heterocycles. The zero-order chi connectivity index (χ0) is 11.9. The summed E-state index contributed by atoms with van der Waals surface area (Å²) < 4.78 is 0. The van der Waals surface area contributed by atoms with Crippen LogP contribution in [0.1, 0.15) is 25.3 Å². The van der Waals surface area contributed by atoms with Crippen LogP contribution in [0.25, 0.3) is 0 Å². The molecule has 1 N–H and O–H groups in total. The Morgan fingerprint density at radius 3 is 2.35 bits per heavy atom. The molecule has 2 heteroatoms. The van der Waals surface area contributed by atoms with E-state index in [1.807, 2.05) is 6.92 Å². The van der Waals surface area contributed by atoms with E-state index in [9.17, 15) is 5.11 Å². The van der Waals surface area contributed by atoms with E-state index in [4.69, 9.17) is 0 Å². The maximum absolute atomic E-state index is 10.4. The third-order valence-corrected chi connectivity index (χ3v) is 4.72. The Kier molecular flexibility index (Phi) is 2.72. The number of fused-ring (bicyclic) bond motifs is 2. The van der Waals surface area contributed by atoms with E-state index < -0.39 is 5.60 Å². The third kappa shape index (κ3) is 2.00. The quantitative estimate of drug-likeness (QED) is 0.844. The summed E-state index contributed by atoms with van der Waals surface area (Å²) in [5.41, 5.74) is 0.973. The predicted octanol–water partition coefficient (Wildman–Crippen LogP) is 2.28. The van der Waals surface area contributed by atoms with Gasteiger partial charge in [-0.15, -0.1) is 0 Å². The smallest absolute Gasteiger partial charge is 0.0700 e. The third-order valence-electron chi connectivity index (χ3n) is 4.72. The molecule has 2 nitrogen and oxygen atoms in total. The van der Waals surface area contributed by atoms with Crippen LogP contribution < -0.4 is 0 Å². The number of likely N-dealkylation sites (tertiary alicyclic amines) is 1. The fourth-order valence-corrected chi connectivity index (χ4v) is 3.54. The topological polar surface area (TPSA) is 23.5 Å². The standard InChI is InChI=1S/C15H21NO/c1-15(17)13-7-8-14(15)11-16(10-13)9-12-5-3-2-4-6-12/h2-6,13-14,17H,7-11H2,1H3/t13-,14+,15+. The summed E-state index contributed by atoms with van der Waals surface area (Å²) >= 11 is 0. The van der Waals surface area contributed by atoms with E-state index in [1.165, 1.54) is 18.4 Å². The van der Waals surface area contributed by atoms with Gasteiger partial charge in [0.2, 0.25) is 0 Å². The van der Waals surface area contributed by atoms with Gasteiger partial charge >= 0.3 is 0 Å². The largest absolute Gasteiger partial charge is 0.390 e. The highest BCUT2D eigenvalue weighted by molar-refractivity contribution is 5.15. The fourth-order valence-electron chi connectivity index (χ4n) is 3.54. The van der Waals surface area contributed by atoms with Crippen molar-refractivity contribution in [1.29, 1.82) is 0 Å². The number of benzene rings is 1. The molecule has 0 unspecified atom stereocenters. The molecule has 0 amide bonds. The Morgan fingerprint density at radius 1 is 1.18 bits per heavy atom. The van der Waals surface area contributed by atoms with Crippen molar-refractivity contribution in [1.82, 2.24) is 4.90 Å². The minimum absolute atomic E-state index is 0.410. The average Bonchev–Trinajstić information content (AvgIpc) is 2.53. The molecule has 0 aromatic heterocycles. The molecule has 0 radical (unpaired) electrons. The van der Waals surface area contributed by atoms with Crippen LogP contribution in [0, 0.1) is 11.8 Å². The van der Waals surface area contributed by atoms with E-state index in [0.717, 1.165) is 19.6 Å². The van der Waals surface area contributed by atoms with Crippen LogP contribution in [0.15, 0.2) is 30.3 Å². The van der Waals surface area contributed by atoms with Gasteiger partial charge in [-0.3, -0.25) is 4.90 Å². The molecule has 1 aliphatic carbocycles. The average molecular weight is 231 g/mol. The van der Waals surface area contributed by atoms with Gasteiger partial charge in [0.1, 0.15) is 0 Å². The van der Waals surface area contributed by atoms with E-state index in [2.05, 4.69) is 35.2 Å². The normalized spacial score (nSPS) is 37.3. The molecular weight excluding hydrogens is 210 g/mol. The molecule has 2 fully saturated rings. The number of nitrogens with zero attached hydrogens (tertiary/aromatic N) is 1. The summed E-state index contributed by atoms with van der Waals surface area (Å²) in [5, 5.41) is 10.4. The van der Waals surface area contributed by atoms with Crippen LogP contribution in [0.4, 0.5) is 0 Å². The van der Waals surface area contributed by atoms with E-state index in [1.54, 1.807) is 0 Å². The summed E-state index contributed by atoms with van der Waals surface area (Å²) in [5.74, 6) is 0.954. The number of rotatable bonds is 2. The van der Waals surface area contributed by atoms with Crippen LogP contribution in [0.5, 0.6) is 0 Å². The van der Waals surface area contributed by atoms with E-state index >= 15 is 0 Å². The monoisotopic (exact) mass is 231 g/mol. The van der Waals surface area contributed by atoms with Crippen LogP contribution >= 0.6 is 0 Å².